The van der Waals surface area contributed by atoms with Gasteiger partial charge in [-0.15, -0.1) is 0 Å². The number of para-hydroxylation sites is 2. The van der Waals surface area contributed by atoms with Crippen LogP contribution in [0.4, 0.5) is 34.1 Å². The molecule has 2 heteroatoms. The lowest BCUT2D eigenvalue weighted by atomic mass is 9.74. The Labute approximate surface area is 312 Å². The van der Waals surface area contributed by atoms with Crippen molar-refractivity contribution in [3.05, 3.63) is 216 Å². The van der Waals surface area contributed by atoms with Gasteiger partial charge in [0.05, 0.1) is 11.4 Å². The van der Waals surface area contributed by atoms with Gasteiger partial charge in [-0.05, 0) is 131 Å². The van der Waals surface area contributed by atoms with Crippen molar-refractivity contribution in [3.8, 4) is 11.1 Å². The first-order chi connectivity index (χ1) is 26.3. The molecular formula is C51H40N2. The van der Waals surface area contributed by atoms with Crippen LogP contribution < -0.4 is 9.80 Å². The molecule has 0 fully saturated rings. The molecule has 1 atom stereocenters. The standard InChI is InChI=1S/C51H40N2/c1-4-14-37(15-5-1)39-26-29-45(30-27-39)52(43-20-6-2-7-21-43)47-24-12-18-40-32-34-51(49(40)47)35-33-41-19-13-25-48(50(41)51)53(44-22-8-3-9-23-44)46-31-28-38-16-10-11-17-42(38)36-46/h1-31,36H,32-35H2/t51-/m1/s1. The number of rotatable bonds is 7. The highest BCUT2D eigenvalue weighted by atomic mass is 15.2. The molecule has 2 nitrogen and oxygen atoms in total. The van der Waals surface area contributed by atoms with E-state index in [9.17, 15) is 0 Å². The molecule has 8 aromatic carbocycles. The number of hydrogen-bond donors (Lipinski definition) is 0. The van der Waals surface area contributed by atoms with Gasteiger partial charge < -0.3 is 9.80 Å². The second kappa shape index (κ2) is 13.0. The second-order valence-corrected chi connectivity index (χ2v) is 14.5. The van der Waals surface area contributed by atoms with Crippen molar-refractivity contribution in [1.29, 1.82) is 0 Å². The van der Waals surface area contributed by atoms with E-state index in [4.69, 9.17) is 0 Å². The van der Waals surface area contributed by atoms with E-state index in [2.05, 4.69) is 204 Å². The Morgan fingerprint density at radius 3 is 1.38 bits per heavy atom. The van der Waals surface area contributed by atoms with Crippen LogP contribution in [0.1, 0.15) is 35.1 Å². The van der Waals surface area contributed by atoms with Gasteiger partial charge in [-0.2, -0.15) is 0 Å². The van der Waals surface area contributed by atoms with Gasteiger partial charge in [-0.1, -0.05) is 133 Å². The van der Waals surface area contributed by atoms with Crippen LogP contribution in [0, 0.1) is 0 Å². The third-order valence-corrected chi connectivity index (χ3v) is 11.6. The maximum Gasteiger partial charge on any atom is 0.0505 e. The monoisotopic (exact) mass is 680 g/mol. The summed E-state index contributed by atoms with van der Waals surface area (Å²) in [4.78, 5) is 5.01. The molecule has 0 saturated heterocycles. The van der Waals surface area contributed by atoms with E-state index < -0.39 is 0 Å². The van der Waals surface area contributed by atoms with Gasteiger partial charge in [0.2, 0.25) is 0 Å². The van der Waals surface area contributed by atoms with Crippen LogP contribution in [-0.4, -0.2) is 0 Å². The third kappa shape index (κ3) is 5.33. The maximum atomic E-state index is 2.51. The van der Waals surface area contributed by atoms with Crippen LogP contribution in [0.15, 0.2) is 194 Å². The normalized spacial score (nSPS) is 15.7. The summed E-state index contributed by atoms with van der Waals surface area (Å²) in [6, 6.07) is 71.3. The maximum absolute atomic E-state index is 2.51. The third-order valence-electron chi connectivity index (χ3n) is 11.6. The minimum absolute atomic E-state index is 0.126. The number of hydrogen-bond acceptors (Lipinski definition) is 2. The molecule has 0 N–H and O–H groups in total. The zero-order chi connectivity index (χ0) is 35.2. The highest BCUT2D eigenvalue weighted by molar-refractivity contribution is 5.91. The fourth-order valence-electron chi connectivity index (χ4n) is 9.27. The molecule has 2 aliphatic carbocycles. The fraction of sp³-hybridized carbons (Fsp3) is 0.0980. The Hall–Kier alpha value is -6.38. The quantitative estimate of drug-likeness (QED) is 0.165. The second-order valence-electron chi connectivity index (χ2n) is 14.5. The zero-order valence-corrected chi connectivity index (χ0v) is 29.7. The van der Waals surface area contributed by atoms with Gasteiger partial charge in [0.25, 0.3) is 0 Å². The average Bonchev–Trinajstić information content (AvgIpc) is 3.81. The van der Waals surface area contributed by atoms with Gasteiger partial charge in [-0.25, -0.2) is 0 Å². The predicted molar refractivity (Wildman–Crippen MR) is 223 cm³/mol. The Balaban J connectivity index is 1.17. The van der Waals surface area contributed by atoms with Crippen LogP contribution in [-0.2, 0) is 18.3 Å². The molecule has 0 amide bonds. The van der Waals surface area contributed by atoms with Crippen LogP contribution in [0.2, 0.25) is 0 Å². The number of benzene rings is 8. The average molecular weight is 681 g/mol. The van der Waals surface area contributed by atoms with Crippen LogP contribution >= 0.6 is 0 Å². The van der Waals surface area contributed by atoms with Crippen molar-refractivity contribution in [2.45, 2.75) is 31.1 Å². The summed E-state index contributed by atoms with van der Waals surface area (Å²) in [5.41, 5.74) is 15.5. The summed E-state index contributed by atoms with van der Waals surface area (Å²) in [5, 5.41) is 2.50. The SMILES string of the molecule is c1ccc(-c2ccc(N(c3ccccc3)c3cccc4c3[C@@]3(CC4)CCc4cccc(N(c5ccccc5)c5ccc6ccccc6c5)c43)cc2)cc1. The molecule has 0 heterocycles. The Morgan fingerprint density at radius 2 is 0.792 bits per heavy atom. The van der Waals surface area contributed by atoms with Crippen molar-refractivity contribution in [1.82, 2.24) is 0 Å². The minimum Gasteiger partial charge on any atom is -0.310 e. The number of nitrogens with zero attached hydrogens (tertiary/aromatic N) is 2. The molecule has 0 radical (unpaired) electrons. The summed E-state index contributed by atoms with van der Waals surface area (Å²) in [5.74, 6) is 0. The molecule has 0 unspecified atom stereocenters. The molecule has 254 valence electrons. The molecule has 8 aromatic rings. The molecule has 0 aliphatic heterocycles. The highest BCUT2D eigenvalue weighted by Gasteiger charge is 2.49. The van der Waals surface area contributed by atoms with E-state index in [1.54, 1.807) is 0 Å². The van der Waals surface area contributed by atoms with Gasteiger partial charge in [-0.3, -0.25) is 0 Å². The van der Waals surface area contributed by atoms with Crippen molar-refractivity contribution in [2.75, 3.05) is 9.80 Å². The Morgan fingerprint density at radius 1 is 0.340 bits per heavy atom. The highest BCUT2D eigenvalue weighted by Crippen LogP contribution is 2.59. The van der Waals surface area contributed by atoms with Gasteiger partial charge >= 0.3 is 0 Å². The van der Waals surface area contributed by atoms with Gasteiger partial charge in [0.1, 0.15) is 0 Å². The van der Waals surface area contributed by atoms with Crippen molar-refractivity contribution < 1.29 is 0 Å². The molecule has 10 rings (SSSR count). The van der Waals surface area contributed by atoms with Crippen molar-refractivity contribution >= 4 is 44.9 Å². The number of fused-ring (bicyclic) bond motifs is 5. The zero-order valence-electron chi connectivity index (χ0n) is 29.7. The van der Waals surface area contributed by atoms with Gasteiger partial charge in [0.15, 0.2) is 0 Å². The topological polar surface area (TPSA) is 6.48 Å². The number of anilines is 6. The van der Waals surface area contributed by atoms with E-state index >= 15 is 0 Å². The van der Waals surface area contributed by atoms with Crippen molar-refractivity contribution in [2.24, 2.45) is 0 Å². The summed E-state index contributed by atoms with van der Waals surface area (Å²) in [6.45, 7) is 0. The largest absolute Gasteiger partial charge is 0.310 e. The fourth-order valence-corrected chi connectivity index (χ4v) is 9.27. The molecule has 53 heavy (non-hydrogen) atoms. The van der Waals surface area contributed by atoms with E-state index in [1.807, 2.05) is 0 Å². The summed E-state index contributed by atoms with van der Waals surface area (Å²) < 4.78 is 0. The van der Waals surface area contributed by atoms with E-state index in [1.165, 1.54) is 78.3 Å². The van der Waals surface area contributed by atoms with E-state index in [0.29, 0.717) is 0 Å². The lowest BCUT2D eigenvalue weighted by Crippen LogP contribution is -2.27. The van der Waals surface area contributed by atoms with Gasteiger partial charge in [0, 0.05) is 28.2 Å². The predicted octanol–water partition coefficient (Wildman–Crippen LogP) is 13.6. The van der Waals surface area contributed by atoms with Crippen LogP contribution in [0.5, 0.6) is 0 Å². The van der Waals surface area contributed by atoms with E-state index in [-0.39, 0.29) is 5.41 Å². The van der Waals surface area contributed by atoms with E-state index in [0.717, 1.165) is 25.7 Å². The first-order valence-corrected chi connectivity index (χ1v) is 18.9. The Bertz CT molecular complexity index is 2560. The summed E-state index contributed by atoms with van der Waals surface area (Å²) in [7, 11) is 0. The first-order valence-electron chi connectivity index (χ1n) is 18.9. The smallest absolute Gasteiger partial charge is 0.0505 e. The molecule has 0 bridgehead atoms. The first kappa shape index (κ1) is 31.4. The number of aryl methyl sites for hydroxylation is 2. The molecular weight excluding hydrogens is 641 g/mol. The van der Waals surface area contributed by atoms with Crippen LogP contribution in [0.3, 0.4) is 0 Å². The molecule has 0 saturated carbocycles. The molecule has 0 aromatic heterocycles. The molecule has 2 aliphatic rings. The summed E-state index contributed by atoms with van der Waals surface area (Å²) in [6.07, 6.45) is 4.32. The summed E-state index contributed by atoms with van der Waals surface area (Å²) >= 11 is 0. The minimum atomic E-state index is -0.126. The Kier molecular flexibility index (Phi) is 7.69. The van der Waals surface area contributed by atoms with Crippen LogP contribution in [0.25, 0.3) is 21.9 Å². The lowest BCUT2D eigenvalue weighted by molar-refractivity contribution is 0.508. The molecule has 1 spiro atoms. The lowest BCUT2D eigenvalue weighted by Gasteiger charge is -2.37. The van der Waals surface area contributed by atoms with Crippen molar-refractivity contribution in [3.63, 3.8) is 0 Å².